The minimum Gasteiger partial charge on any atom is -0.473 e. The molecule has 2 fully saturated rings. The van der Waals surface area contributed by atoms with Crippen molar-refractivity contribution in [3.63, 3.8) is 0 Å². The molecule has 34 heavy (non-hydrogen) atoms. The standard InChI is InChI=1S/C24H27N3O.C2H2O4/c25-17-19-8-10-20(11-9-19)22-13-16-26(18-22)15-12-21-5-1-2-6-23(21)27-14-4-3-7-24(27)28;3-1(4)2(5)6/h1-2,5-6,8-11,22H,3-4,7,12-16,18H2;(H,3,4)(H,5,6). The van der Waals surface area contributed by atoms with E-state index in [2.05, 4.69) is 41.3 Å². The van der Waals surface area contributed by atoms with E-state index in [0.717, 1.165) is 63.1 Å². The Hall–Kier alpha value is -3.70. The van der Waals surface area contributed by atoms with E-state index in [4.69, 9.17) is 25.1 Å². The van der Waals surface area contributed by atoms with Crippen molar-refractivity contribution >= 4 is 23.5 Å². The van der Waals surface area contributed by atoms with Crippen molar-refractivity contribution in [2.75, 3.05) is 31.1 Å². The number of rotatable bonds is 5. The lowest BCUT2D eigenvalue weighted by Gasteiger charge is -2.29. The van der Waals surface area contributed by atoms with Crippen molar-refractivity contribution in [3.05, 3.63) is 65.2 Å². The Bertz CT molecular complexity index is 1050. The summed E-state index contributed by atoms with van der Waals surface area (Å²) in [5.41, 5.74) is 4.44. The smallest absolute Gasteiger partial charge is 0.414 e. The maximum atomic E-state index is 12.3. The van der Waals surface area contributed by atoms with Crippen LogP contribution in [0.25, 0.3) is 0 Å². The molecule has 2 aromatic rings. The highest BCUT2D eigenvalue weighted by molar-refractivity contribution is 6.27. The summed E-state index contributed by atoms with van der Waals surface area (Å²) in [5.74, 6) is -2.84. The summed E-state index contributed by atoms with van der Waals surface area (Å²) in [4.78, 5) is 35.1. The molecule has 2 saturated heterocycles. The van der Waals surface area contributed by atoms with Crippen molar-refractivity contribution in [1.82, 2.24) is 4.90 Å². The molecular weight excluding hydrogens is 434 g/mol. The van der Waals surface area contributed by atoms with Crippen LogP contribution in [0.5, 0.6) is 0 Å². The summed E-state index contributed by atoms with van der Waals surface area (Å²) in [5, 5.41) is 23.7. The molecule has 2 aliphatic rings. The Morgan fingerprint density at radius 1 is 1.00 bits per heavy atom. The number of hydrogen-bond donors (Lipinski definition) is 2. The van der Waals surface area contributed by atoms with Gasteiger partial charge in [-0.2, -0.15) is 5.26 Å². The number of likely N-dealkylation sites (tertiary alicyclic amines) is 1. The zero-order valence-corrected chi connectivity index (χ0v) is 19.0. The fourth-order valence-corrected chi connectivity index (χ4v) is 4.46. The summed E-state index contributed by atoms with van der Waals surface area (Å²) in [6, 6.07) is 18.6. The quantitative estimate of drug-likeness (QED) is 0.653. The van der Waals surface area contributed by atoms with Gasteiger partial charge in [-0.3, -0.25) is 4.79 Å². The molecule has 0 aromatic heterocycles. The van der Waals surface area contributed by atoms with E-state index in [1.54, 1.807) is 0 Å². The number of carboxylic acid groups (broad SMARTS) is 2. The van der Waals surface area contributed by atoms with E-state index in [1.807, 2.05) is 23.1 Å². The average molecular weight is 464 g/mol. The zero-order valence-electron chi connectivity index (χ0n) is 19.0. The Morgan fingerprint density at radius 3 is 2.35 bits per heavy atom. The van der Waals surface area contributed by atoms with E-state index < -0.39 is 11.9 Å². The molecule has 0 bridgehead atoms. The van der Waals surface area contributed by atoms with Gasteiger partial charge in [-0.1, -0.05) is 30.3 Å². The molecule has 0 aliphatic carbocycles. The fraction of sp³-hybridized carbons (Fsp3) is 0.385. The second-order valence-electron chi connectivity index (χ2n) is 8.51. The summed E-state index contributed by atoms with van der Waals surface area (Å²) in [6.45, 7) is 4.04. The van der Waals surface area contributed by atoms with Crippen molar-refractivity contribution in [3.8, 4) is 6.07 Å². The number of hydrogen-bond acceptors (Lipinski definition) is 5. The van der Waals surface area contributed by atoms with Crippen LogP contribution in [0.4, 0.5) is 5.69 Å². The van der Waals surface area contributed by atoms with Crippen LogP contribution in [0.2, 0.25) is 0 Å². The summed E-state index contributed by atoms with van der Waals surface area (Å²) in [6.07, 6.45) is 4.92. The maximum absolute atomic E-state index is 12.3. The van der Waals surface area contributed by atoms with Crippen LogP contribution in [-0.2, 0) is 20.8 Å². The number of aliphatic carboxylic acids is 2. The van der Waals surface area contributed by atoms with Gasteiger partial charge >= 0.3 is 11.9 Å². The number of para-hydroxylation sites is 1. The van der Waals surface area contributed by atoms with Crippen LogP contribution < -0.4 is 4.90 Å². The zero-order chi connectivity index (χ0) is 24.5. The van der Waals surface area contributed by atoms with Crippen molar-refractivity contribution in [2.24, 2.45) is 0 Å². The molecule has 0 radical (unpaired) electrons. The highest BCUT2D eigenvalue weighted by Gasteiger charge is 2.25. The van der Waals surface area contributed by atoms with Gasteiger partial charge in [0.2, 0.25) is 5.91 Å². The molecule has 4 rings (SSSR count). The van der Waals surface area contributed by atoms with Crippen molar-refractivity contribution < 1.29 is 24.6 Å². The third-order valence-corrected chi connectivity index (χ3v) is 6.27. The largest absolute Gasteiger partial charge is 0.473 e. The number of benzene rings is 2. The molecule has 8 nitrogen and oxygen atoms in total. The summed E-state index contributed by atoms with van der Waals surface area (Å²) >= 11 is 0. The van der Waals surface area contributed by atoms with Gasteiger partial charge in [0.15, 0.2) is 0 Å². The first-order chi connectivity index (χ1) is 16.4. The molecule has 1 atom stereocenters. The maximum Gasteiger partial charge on any atom is 0.414 e. The van der Waals surface area contributed by atoms with Crippen molar-refractivity contribution in [2.45, 2.75) is 38.0 Å². The highest BCUT2D eigenvalue weighted by Crippen LogP contribution is 2.29. The lowest BCUT2D eigenvalue weighted by atomic mass is 9.97. The van der Waals surface area contributed by atoms with Crippen LogP contribution >= 0.6 is 0 Å². The van der Waals surface area contributed by atoms with Crippen molar-refractivity contribution in [1.29, 1.82) is 5.26 Å². The molecule has 2 heterocycles. The third kappa shape index (κ3) is 6.65. The number of amides is 1. The van der Waals surface area contributed by atoms with Gasteiger partial charge in [0, 0.05) is 31.7 Å². The average Bonchev–Trinajstić information content (AvgIpc) is 3.33. The molecule has 178 valence electrons. The normalized spacial score (nSPS) is 18.0. The lowest BCUT2D eigenvalue weighted by molar-refractivity contribution is -0.159. The first kappa shape index (κ1) is 24.9. The molecule has 2 aliphatic heterocycles. The predicted octanol–water partition coefficient (Wildman–Crippen LogP) is 3.26. The van der Waals surface area contributed by atoms with Gasteiger partial charge in [-0.15, -0.1) is 0 Å². The molecule has 2 N–H and O–H groups in total. The van der Waals surface area contributed by atoms with Gasteiger partial charge in [-0.05, 0) is 67.5 Å². The summed E-state index contributed by atoms with van der Waals surface area (Å²) in [7, 11) is 0. The number of piperidine rings is 1. The Labute approximate surface area is 199 Å². The monoisotopic (exact) mass is 463 g/mol. The number of carbonyl (C=O) groups excluding carboxylic acids is 1. The van der Waals surface area contributed by atoms with Gasteiger partial charge in [0.25, 0.3) is 0 Å². The Balaban J connectivity index is 0.000000481. The Kier molecular flexibility index (Phi) is 8.77. The number of carbonyl (C=O) groups is 3. The molecule has 1 unspecified atom stereocenters. The van der Waals surface area contributed by atoms with Gasteiger partial charge < -0.3 is 20.0 Å². The number of carboxylic acids is 2. The first-order valence-corrected chi connectivity index (χ1v) is 11.5. The van der Waals surface area contributed by atoms with Crippen LogP contribution in [0.3, 0.4) is 0 Å². The minimum absolute atomic E-state index is 0.265. The van der Waals surface area contributed by atoms with Crippen LogP contribution in [0.1, 0.15) is 48.3 Å². The molecule has 2 aromatic carbocycles. The predicted molar refractivity (Wildman–Crippen MR) is 127 cm³/mol. The SMILES string of the molecule is N#Cc1ccc(C2CCN(CCc3ccccc3N3CCCCC3=O)C2)cc1.O=C(O)C(=O)O. The van der Waals surface area contributed by atoms with E-state index in [-0.39, 0.29) is 5.91 Å². The summed E-state index contributed by atoms with van der Waals surface area (Å²) < 4.78 is 0. The van der Waals surface area contributed by atoms with Gasteiger partial charge in [0.1, 0.15) is 0 Å². The second-order valence-corrected chi connectivity index (χ2v) is 8.51. The van der Waals surface area contributed by atoms with E-state index in [1.165, 1.54) is 11.1 Å². The molecule has 8 heteroatoms. The van der Waals surface area contributed by atoms with E-state index >= 15 is 0 Å². The molecule has 1 amide bonds. The van der Waals surface area contributed by atoms with Crippen LogP contribution in [-0.4, -0.2) is 59.1 Å². The lowest BCUT2D eigenvalue weighted by Crippen LogP contribution is -2.36. The number of anilines is 1. The van der Waals surface area contributed by atoms with Gasteiger partial charge in [-0.25, -0.2) is 9.59 Å². The molecule has 0 spiro atoms. The number of nitrogens with zero attached hydrogens (tertiary/aromatic N) is 3. The first-order valence-electron chi connectivity index (χ1n) is 11.5. The highest BCUT2D eigenvalue weighted by atomic mass is 16.4. The van der Waals surface area contributed by atoms with Crippen LogP contribution in [0.15, 0.2) is 48.5 Å². The third-order valence-electron chi connectivity index (χ3n) is 6.27. The number of nitriles is 1. The van der Waals surface area contributed by atoms with Gasteiger partial charge in [0.05, 0.1) is 11.6 Å². The van der Waals surface area contributed by atoms with E-state index in [9.17, 15) is 4.79 Å². The second kappa shape index (κ2) is 12.0. The minimum atomic E-state index is -1.82. The van der Waals surface area contributed by atoms with Crippen LogP contribution in [0, 0.1) is 11.3 Å². The molecule has 0 saturated carbocycles. The topological polar surface area (TPSA) is 122 Å². The fourth-order valence-electron chi connectivity index (χ4n) is 4.46. The Morgan fingerprint density at radius 2 is 1.71 bits per heavy atom. The van der Waals surface area contributed by atoms with E-state index in [0.29, 0.717) is 12.3 Å². The molecular formula is C26H29N3O5.